The van der Waals surface area contributed by atoms with Crippen molar-refractivity contribution in [3.05, 3.63) is 82.3 Å². The van der Waals surface area contributed by atoms with Crippen LogP contribution in [-0.2, 0) is 20.0 Å². The molecule has 0 aliphatic carbocycles. The van der Waals surface area contributed by atoms with Crippen LogP contribution in [0.2, 0.25) is 0 Å². The Labute approximate surface area is 172 Å². The summed E-state index contributed by atoms with van der Waals surface area (Å²) in [7, 11) is 1.83. The number of aromatic nitrogens is 4. The number of fused-ring (bicyclic) bond motifs is 1. The average molecular weight is 409 g/mol. The second-order valence-corrected chi connectivity index (χ2v) is 7.16. The zero-order valence-corrected chi connectivity index (χ0v) is 16.7. The summed E-state index contributed by atoms with van der Waals surface area (Å²) in [6.45, 7) is 0.685. The number of nitrogens with zero attached hydrogens (tertiary/aromatic N) is 3. The maximum Gasteiger partial charge on any atom is 0.267 e. The van der Waals surface area contributed by atoms with Crippen molar-refractivity contribution in [2.45, 2.75) is 13.0 Å². The molecule has 0 spiro atoms. The molecule has 0 radical (unpaired) electrons. The Morgan fingerprint density at radius 1 is 1.21 bits per heavy atom. The Balaban J connectivity index is 1.59. The van der Waals surface area contributed by atoms with E-state index < -0.39 is 0 Å². The maximum atomic E-state index is 14.2. The molecule has 4 aromatic rings. The monoisotopic (exact) mass is 409 g/mol. The molecule has 0 aliphatic rings. The van der Waals surface area contributed by atoms with Gasteiger partial charge in [-0.25, -0.2) is 4.39 Å². The Hall–Kier alpha value is -3.26. The highest BCUT2D eigenvalue weighted by atomic mass is 32.1. The van der Waals surface area contributed by atoms with Crippen molar-refractivity contribution in [3.8, 4) is 0 Å². The van der Waals surface area contributed by atoms with E-state index in [0.717, 1.165) is 16.7 Å². The van der Waals surface area contributed by atoms with Crippen LogP contribution >= 0.6 is 12.2 Å². The van der Waals surface area contributed by atoms with Crippen LogP contribution in [0.5, 0.6) is 0 Å². The number of nitrogens with one attached hydrogen (secondary N) is 2. The predicted octanol–water partition coefficient (Wildman–Crippen LogP) is 3.59. The molecular formula is C21H20FN5OS. The molecule has 0 atom stereocenters. The summed E-state index contributed by atoms with van der Waals surface area (Å²) in [6.07, 6.45) is 0.545. The molecule has 2 aromatic carbocycles. The third-order valence-electron chi connectivity index (χ3n) is 4.94. The van der Waals surface area contributed by atoms with Crippen molar-refractivity contribution in [3.63, 3.8) is 0 Å². The van der Waals surface area contributed by atoms with E-state index in [1.807, 2.05) is 41.9 Å². The molecule has 1 amide bonds. The van der Waals surface area contributed by atoms with E-state index in [-0.39, 0.29) is 18.3 Å². The third kappa shape index (κ3) is 3.84. The Kier molecular flexibility index (Phi) is 5.26. The van der Waals surface area contributed by atoms with Crippen LogP contribution in [0.1, 0.15) is 21.9 Å². The van der Waals surface area contributed by atoms with Gasteiger partial charge in [0.05, 0.1) is 6.54 Å². The van der Waals surface area contributed by atoms with Gasteiger partial charge < -0.3 is 14.5 Å². The van der Waals surface area contributed by atoms with Gasteiger partial charge in [0, 0.05) is 36.5 Å². The summed E-state index contributed by atoms with van der Waals surface area (Å²) in [4.78, 5) is 12.9. The number of hydrogen-bond acceptors (Lipinski definition) is 3. The molecule has 29 heavy (non-hydrogen) atoms. The molecule has 0 fully saturated rings. The van der Waals surface area contributed by atoms with Crippen LogP contribution in [0, 0.1) is 10.6 Å². The van der Waals surface area contributed by atoms with Crippen molar-refractivity contribution in [2.75, 3.05) is 6.54 Å². The summed E-state index contributed by atoms with van der Waals surface area (Å²) in [6, 6.07) is 16.1. The first-order valence-corrected chi connectivity index (χ1v) is 9.65. The van der Waals surface area contributed by atoms with Gasteiger partial charge in [0.15, 0.2) is 4.77 Å². The van der Waals surface area contributed by atoms with Gasteiger partial charge in [-0.15, -0.1) is 0 Å². The van der Waals surface area contributed by atoms with Gasteiger partial charge in [-0.05, 0) is 30.4 Å². The normalized spacial score (nSPS) is 11.1. The largest absolute Gasteiger partial charge is 0.350 e. The average Bonchev–Trinajstić information content (AvgIpc) is 3.25. The number of amides is 1. The Bertz CT molecular complexity index is 1240. The summed E-state index contributed by atoms with van der Waals surface area (Å²) in [5, 5.41) is 10.7. The van der Waals surface area contributed by atoms with Crippen molar-refractivity contribution in [2.24, 2.45) is 7.05 Å². The first kappa shape index (κ1) is 19.1. The van der Waals surface area contributed by atoms with Crippen LogP contribution < -0.4 is 5.32 Å². The third-order valence-corrected chi connectivity index (χ3v) is 5.30. The molecule has 148 valence electrons. The lowest BCUT2D eigenvalue weighted by molar-refractivity contribution is 0.0945. The summed E-state index contributed by atoms with van der Waals surface area (Å²) < 4.78 is 18.4. The fraction of sp³-hybridized carbons (Fsp3) is 0.190. The Morgan fingerprint density at radius 3 is 2.72 bits per heavy atom. The highest BCUT2D eigenvalue weighted by Gasteiger charge is 2.17. The molecule has 0 saturated carbocycles. The van der Waals surface area contributed by atoms with Crippen LogP contribution in [0.25, 0.3) is 10.9 Å². The van der Waals surface area contributed by atoms with E-state index in [1.165, 1.54) is 6.07 Å². The van der Waals surface area contributed by atoms with Crippen molar-refractivity contribution < 1.29 is 9.18 Å². The molecule has 0 saturated heterocycles. The van der Waals surface area contributed by atoms with Gasteiger partial charge in [0.25, 0.3) is 5.91 Å². The summed E-state index contributed by atoms with van der Waals surface area (Å²) in [5.74, 6) is 0.263. The van der Waals surface area contributed by atoms with E-state index in [2.05, 4.69) is 15.5 Å². The van der Waals surface area contributed by atoms with Crippen molar-refractivity contribution in [1.29, 1.82) is 0 Å². The fourth-order valence-electron chi connectivity index (χ4n) is 3.35. The molecule has 4 rings (SSSR count). The van der Waals surface area contributed by atoms with Gasteiger partial charge >= 0.3 is 0 Å². The van der Waals surface area contributed by atoms with E-state index in [0.29, 0.717) is 29.0 Å². The minimum Gasteiger partial charge on any atom is -0.350 e. The number of halogens is 1. The Morgan fingerprint density at radius 2 is 1.97 bits per heavy atom. The number of benzene rings is 2. The molecule has 2 heterocycles. The summed E-state index contributed by atoms with van der Waals surface area (Å²) in [5.41, 5.74) is 1.91. The van der Waals surface area contributed by atoms with E-state index in [9.17, 15) is 9.18 Å². The number of para-hydroxylation sites is 1. The number of carbonyl (C=O) groups is 1. The van der Waals surface area contributed by atoms with Crippen molar-refractivity contribution >= 4 is 29.0 Å². The summed E-state index contributed by atoms with van der Waals surface area (Å²) >= 11 is 5.10. The molecule has 8 heteroatoms. The van der Waals surface area contributed by atoms with Gasteiger partial charge in [-0.3, -0.25) is 9.89 Å². The second-order valence-electron chi connectivity index (χ2n) is 6.78. The minimum atomic E-state index is -0.289. The van der Waals surface area contributed by atoms with Gasteiger partial charge in [-0.2, -0.15) is 5.10 Å². The van der Waals surface area contributed by atoms with Crippen LogP contribution in [0.15, 0.2) is 54.6 Å². The maximum absolute atomic E-state index is 14.2. The second kappa shape index (κ2) is 8.00. The number of aromatic amines is 1. The molecule has 0 aliphatic heterocycles. The van der Waals surface area contributed by atoms with Crippen molar-refractivity contribution in [1.82, 2.24) is 24.6 Å². The highest BCUT2D eigenvalue weighted by Crippen LogP contribution is 2.22. The number of carbonyl (C=O) groups excluding carboxylic acids is 1. The molecule has 6 nitrogen and oxygen atoms in total. The topological polar surface area (TPSA) is 67.6 Å². The smallest absolute Gasteiger partial charge is 0.267 e. The molecule has 2 N–H and O–H groups in total. The van der Waals surface area contributed by atoms with E-state index in [1.54, 1.807) is 22.8 Å². The lowest BCUT2D eigenvalue weighted by Gasteiger charge is -2.12. The minimum absolute atomic E-state index is 0.214. The molecule has 2 aromatic heterocycles. The SMILES string of the molecule is Cn1c(CCNC(=O)c2cc3ccccc3n2Cc2ccccc2F)n[nH]c1=S. The standard InChI is InChI=1S/C21H20FN5OS/c1-26-19(24-25-21(26)29)10-11-23-20(28)18-12-14-6-3-5-9-17(14)27(18)13-15-7-2-4-8-16(15)22/h2-9,12H,10-11,13H2,1H3,(H,23,28)(H,25,29). The zero-order chi connectivity index (χ0) is 20.4. The van der Waals surface area contributed by atoms with Crippen LogP contribution in [0.4, 0.5) is 4.39 Å². The number of H-pyrrole nitrogens is 1. The zero-order valence-electron chi connectivity index (χ0n) is 15.9. The highest BCUT2D eigenvalue weighted by molar-refractivity contribution is 7.71. The van der Waals surface area contributed by atoms with Gasteiger partial charge in [0.1, 0.15) is 17.3 Å². The quantitative estimate of drug-likeness (QED) is 0.478. The molecular weight excluding hydrogens is 389 g/mol. The lowest BCUT2D eigenvalue weighted by Crippen LogP contribution is -2.28. The molecule has 0 bridgehead atoms. The van der Waals surface area contributed by atoms with Gasteiger partial charge in [-0.1, -0.05) is 36.4 Å². The van der Waals surface area contributed by atoms with Crippen LogP contribution in [-0.4, -0.2) is 31.8 Å². The van der Waals surface area contributed by atoms with Crippen LogP contribution in [0.3, 0.4) is 0 Å². The first-order valence-electron chi connectivity index (χ1n) is 9.25. The van der Waals surface area contributed by atoms with E-state index >= 15 is 0 Å². The molecule has 0 unspecified atom stereocenters. The lowest BCUT2D eigenvalue weighted by atomic mass is 10.2. The first-order chi connectivity index (χ1) is 14.0. The van der Waals surface area contributed by atoms with Gasteiger partial charge in [0.2, 0.25) is 0 Å². The number of hydrogen-bond donors (Lipinski definition) is 2. The number of rotatable bonds is 6. The predicted molar refractivity (Wildman–Crippen MR) is 112 cm³/mol. The van der Waals surface area contributed by atoms with E-state index in [4.69, 9.17) is 12.2 Å². The fourth-order valence-corrected chi connectivity index (χ4v) is 3.50.